The third-order valence-corrected chi connectivity index (χ3v) is 5.96. The average molecular weight is 487 g/mol. The Kier molecular flexibility index (Phi) is 8.07. The van der Waals surface area contributed by atoms with Crippen LogP contribution in [0.15, 0.2) is 66.9 Å². The highest BCUT2D eigenvalue weighted by molar-refractivity contribution is 6.00. The van der Waals surface area contributed by atoms with Crippen molar-refractivity contribution in [2.75, 3.05) is 31.2 Å². The summed E-state index contributed by atoms with van der Waals surface area (Å²) >= 11 is 0. The van der Waals surface area contributed by atoms with Crippen molar-refractivity contribution in [2.45, 2.75) is 26.4 Å². The van der Waals surface area contributed by atoms with Gasteiger partial charge >= 0.3 is 5.97 Å². The second-order valence-electron chi connectivity index (χ2n) is 8.84. The number of carboxylic acids is 1. The molecule has 8 nitrogen and oxygen atoms in total. The predicted molar refractivity (Wildman–Crippen MR) is 139 cm³/mol. The van der Waals surface area contributed by atoms with E-state index in [-0.39, 0.29) is 11.9 Å². The number of aromatic nitrogens is 2. The number of carbonyl (C=O) groups excluding carboxylic acids is 1. The predicted octanol–water partition coefficient (Wildman–Crippen LogP) is 4.13. The van der Waals surface area contributed by atoms with Gasteiger partial charge in [-0.2, -0.15) is 0 Å². The number of rotatable bonds is 8. The quantitative estimate of drug-likeness (QED) is 0.478. The van der Waals surface area contributed by atoms with Crippen LogP contribution in [0.25, 0.3) is 17.3 Å². The van der Waals surface area contributed by atoms with Gasteiger partial charge in [0.2, 0.25) is 5.95 Å². The SMILES string of the molecule is CC(C)N(Cc1ccccc1)C(=O)c1cnc(N2CCOCC2)nc1-c1cccc(/C=C/C(=O)O)c1. The van der Waals surface area contributed by atoms with Crippen LogP contribution in [0.1, 0.15) is 35.3 Å². The van der Waals surface area contributed by atoms with Crippen LogP contribution < -0.4 is 4.90 Å². The maximum Gasteiger partial charge on any atom is 0.328 e. The van der Waals surface area contributed by atoms with Crippen LogP contribution in [0.4, 0.5) is 5.95 Å². The second kappa shape index (κ2) is 11.6. The van der Waals surface area contributed by atoms with Gasteiger partial charge in [0.1, 0.15) is 0 Å². The first-order chi connectivity index (χ1) is 17.4. The zero-order valence-electron chi connectivity index (χ0n) is 20.5. The van der Waals surface area contributed by atoms with Crippen LogP contribution in [0.2, 0.25) is 0 Å². The summed E-state index contributed by atoms with van der Waals surface area (Å²) in [6.07, 6.45) is 4.22. The molecule has 0 bridgehead atoms. The number of hydrogen-bond donors (Lipinski definition) is 1. The van der Waals surface area contributed by atoms with E-state index in [9.17, 15) is 9.59 Å². The molecule has 1 aromatic heterocycles. The first kappa shape index (κ1) is 25.1. The molecule has 0 unspecified atom stereocenters. The summed E-state index contributed by atoms with van der Waals surface area (Å²) in [5, 5.41) is 9.02. The average Bonchev–Trinajstić information content (AvgIpc) is 2.91. The van der Waals surface area contributed by atoms with Crippen molar-refractivity contribution in [1.82, 2.24) is 14.9 Å². The number of benzene rings is 2. The van der Waals surface area contributed by atoms with Crippen LogP contribution >= 0.6 is 0 Å². The zero-order valence-corrected chi connectivity index (χ0v) is 20.5. The van der Waals surface area contributed by atoms with E-state index < -0.39 is 5.97 Å². The van der Waals surface area contributed by atoms with Crippen molar-refractivity contribution in [3.8, 4) is 11.3 Å². The Bertz CT molecular complexity index is 1240. The fourth-order valence-electron chi connectivity index (χ4n) is 4.05. The summed E-state index contributed by atoms with van der Waals surface area (Å²) in [6, 6.07) is 17.2. The van der Waals surface area contributed by atoms with Gasteiger partial charge in [-0.25, -0.2) is 14.8 Å². The molecule has 0 saturated carbocycles. The van der Waals surface area contributed by atoms with E-state index in [0.29, 0.717) is 61.2 Å². The number of ether oxygens (including phenoxy) is 1. The first-order valence-electron chi connectivity index (χ1n) is 12.0. The minimum atomic E-state index is -1.03. The molecule has 1 amide bonds. The molecule has 0 spiro atoms. The molecule has 1 aliphatic rings. The van der Waals surface area contributed by atoms with Crippen LogP contribution in [-0.2, 0) is 16.1 Å². The standard InChI is InChI=1S/C28H30N4O4/c1-20(2)32(19-22-7-4-3-5-8-22)27(35)24-18-29-28(31-13-15-36-16-14-31)30-26(24)23-10-6-9-21(17-23)11-12-25(33)34/h3-12,17-18,20H,13-16,19H2,1-2H3,(H,33,34)/b12-11+. The minimum absolute atomic E-state index is 0.0469. The van der Waals surface area contributed by atoms with Crippen molar-refractivity contribution < 1.29 is 19.4 Å². The Morgan fingerprint density at radius 1 is 1.11 bits per heavy atom. The summed E-state index contributed by atoms with van der Waals surface area (Å²) in [5.74, 6) is -0.652. The molecule has 1 aliphatic heterocycles. The van der Waals surface area contributed by atoms with Crippen LogP contribution in [0, 0.1) is 0 Å². The summed E-state index contributed by atoms with van der Waals surface area (Å²) in [6.45, 7) is 6.95. The Balaban J connectivity index is 1.76. The van der Waals surface area contributed by atoms with Gasteiger partial charge in [-0.3, -0.25) is 4.79 Å². The van der Waals surface area contributed by atoms with Crippen molar-refractivity contribution >= 4 is 23.9 Å². The number of carboxylic acid groups (broad SMARTS) is 1. The molecule has 2 aromatic carbocycles. The molecule has 0 radical (unpaired) electrons. The van der Waals surface area contributed by atoms with Gasteiger partial charge in [-0.05, 0) is 37.1 Å². The van der Waals surface area contributed by atoms with Crippen LogP contribution in [0.3, 0.4) is 0 Å². The third-order valence-electron chi connectivity index (χ3n) is 5.96. The monoisotopic (exact) mass is 486 g/mol. The van der Waals surface area contributed by atoms with Crippen molar-refractivity contribution in [1.29, 1.82) is 0 Å². The lowest BCUT2D eigenvalue weighted by atomic mass is 10.0. The second-order valence-corrected chi connectivity index (χ2v) is 8.84. The van der Waals surface area contributed by atoms with Crippen LogP contribution in [0.5, 0.6) is 0 Å². The van der Waals surface area contributed by atoms with Gasteiger partial charge < -0.3 is 19.6 Å². The molecule has 2 heterocycles. The molecule has 1 fully saturated rings. The molecule has 0 atom stereocenters. The number of nitrogens with zero attached hydrogens (tertiary/aromatic N) is 4. The molecular formula is C28H30N4O4. The maximum atomic E-state index is 13.9. The first-order valence-corrected chi connectivity index (χ1v) is 12.0. The fourth-order valence-corrected chi connectivity index (χ4v) is 4.05. The van der Waals surface area contributed by atoms with E-state index in [4.69, 9.17) is 14.8 Å². The van der Waals surface area contributed by atoms with E-state index in [0.717, 1.165) is 11.6 Å². The third kappa shape index (κ3) is 6.14. The Morgan fingerprint density at radius 2 is 1.86 bits per heavy atom. The number of anilines is 1. The lowest BCUT2D eigenvalue weighted by Crippen LogP contribution is -2.38. The van der Waals surface area contributed by atoms with Gasteiger partial charge in [0.15, 0.2) is 0 Å². The van der Waals surface area contributed by atoms with Crippen LogP contribution in [-0.4, -0.2) is 64.2 Å². The normalized spacial score (nSPS) is 13.8. The summed E-state index contributed by atoms with van der Waals surface area (Å²) in [5.41, 5.74) is 3.36. The molecule has 36 heavy (non-hydrogen) atoms. The van der Waals surface area contributed by atoms with E-state index in [2.05, 4.69) is 4.98 Å². The van der Waals surface area contributed by atoms with E-state index in [1.54, 1.807) is 11.1 Å². The Morgan fingerprint density at radius 3 is 2.56 bits per heavy atom. The number of morpholine rings is 1. The topological polar surface area (TPSA) is 95.9 Å². The highest BCUT2D eigenvalue weighted by atomic mass is 16.5. The summed E-state index contributed by atoms with van der Waals surface area (Å²) in [7, 11) is 0. The van der Waals surface area contributed by atoms with E-state index >= 15 is 0 Å². The van der Waals surface area contributed by atoms with Gasteiger partial charge in [0.25, 0.3) is 5.91 Å². The molecule has 0 aliphatic carbocycles. The molecule has 3 aromatic rings. The van der Waals surface area contributed by atoms with E-state index in [1.165, 1.54) is 6.08 Å². The largest absolute Gasteiger partial charge is 0.478 e. The highest BCUT2D eigenvalue weighted by Crippen LogP contribution is 2.27. The number of aliphatic carboxylic acids is 1. The number of amides is 1. The van der Waals surface area contributed by atoms with E-state index in [1.807, 2.05) is 73.3 Å². The van der Waals surface area contributed by atoms with Crippen molar-refractivity contribution in [2.24, 2.45) is 0 Å². The van der Waals surface area contributed by atoms with Gasteiger partial charge in [-0.1, -0.05) is 48.5 Å². The number of carbonyl (C=O) groups is 2. The van der Waals surface area contributed by atoms with Gasteiger partial charge in [0.05, 0.1) is 24.5 Å². The molecule has 1 N–H and O–H groups in total. The maximum absolute atomic E-state index is 13.9. The highest BCUT2D eigenvalue weighted by Gasteiger charge is 2.25. The molecule has 186 valence electrons. The van der Waals surface area contributed by atoms with Crippen molar-refractivity contribution in [3.05, 3.63) is 83.6 Å². The fraction of sp³-hybridized carbons (Fsp3) is 0.286. The summed E-state index contributed by atoms with van der Waals surface area (Å²) < 4.78 is 5.46. The molecule has 1 saturated heterocycles. The Hall–Kier alpha value is -4.04. The molecule has 8 heteroatoms. The molecular weight excluding hydrogens is 456 g/mol. The van der Waals surface area contributed by atoms with Crippen molar-refractivity contribution in [3.63, 3.8) is 0 Å². The Labute approximate surface area is 210 Å². The van der Waals surface area contributed by atoms with Gasteiger partial charge in [0, 0.05) is 43.5 Å². The lowest BCUT2D eigenvalue weighted by Gasteiger charge is -2.29. The lowest BCUT2D eigenvalue weighted by molar-refractivity contribution is -0.131. The number of hydrogen-bond acceptors (Lipinski definition) is 6. The molecule has 4 rings (SSSR count). The summed E-state index contributed by atoms with van der Waals surface area (Å²) in [4.78, 5) is 38.2. The van der Waals surface area contributed by atoms with Gasteiger partial charge in [-0.15, -0.1) is 0 Å². The zero-order chi connectivity index (χ0) is 25.5. The minimum Gasteiger partial charge on any atom is -0.478 e. The smallest absolute Gasteiger partial charge is 0.328 e.